The molecule has 0 saturated carbocycles. The Morgan fingerprint density at radius 2 is 1.79 bits per heavy atom. The van der Waals surface area contributed by atoms with Crippen LogP contribution in [0.15, 0.2) is 29.2 Å². The molecule has 0 atom stereocenters. The number of anilines is 1. The third-order valence-corrected chi connectivity index (χ3v) is 2.07. The molecular formula is C6H5NNa2O4S. The molecule has 1 N–H and O–H groups in total. The van der Waals surface area contributed by atoms with Gasteiger partial charge in [0.2, 0.25) is 0 Å². The summed E-state index contributed by atoms with van der Waals surface area (Å²) in [6.45, 7) is 0. The Labute approximate surface area is 126 Å². The average Bonchev–Trinajstić information content (AvgIpc) is 2.03. The average molecular weight is 233 g/mol. The van der Waals surface area contributed by atoms with Gasteiger partial charge in [-0.25, -0.2) is 8.42 Å². The van der Waals surface area contributed by atoms with Crippen LogP contribution in [0, 0.1) is 5.21 Å². The second kappa shape index (κ2) is 7.21. The van der Waals surface area contributed by atoms with Crippen molar-refractivity contribution in [2.24, 2.45) is 0 Å². The molecule has 0 saturated heterocycles. The Kier molecular flexibility index (Phi) is 8.91. The van der Waals surface area contributed by atoms with E-state index in [0.717, 1.165) is 12.1 Å². The monoisotopic (exact) mass is 233 g/mol. The van der Waals surface area contributed by atoms with E-state index in [4.69, 9.17) is 0 Å². The third-order valence-electron chi connectivity index (χ3n) is 1.24. The maximum absolute atomic E-state index is 10.4. The predicted octanol–water partition coefficient (Wildman–Crippen LogP) is -5.49. The SMILES string of the molecule is O=S(=O)([O-])c1cccc(N[O-])c1.[Na+].[Na+]. The van der Waals surface area contributed by atoms with Crippen LogP contribution < -0.4 is 64.6 Å². The molecule has 0 unspecified atom stereocenters. The second-order valence-electron chi connectivity index (χ2n) is 2.08. The van der Waals surface area contributed by atoms with Crippen LogP contribution in [0.1, 0.15) is 0 Å². The van der Waals surface area contributed by atoms with Crippen LogP contribution >= 0.6 is 0 Å². The van der Waals surface area contributed by atoms with Gasteiger partial charge in [-0.2, -0.15) is 0 Å². The number of hydrogen-bond donors (Lipinski definition) is 1. The van der Waals surface area contributed by atoms with Crippen LogP contribution in [-0.2, 0) is 10.1 Å². The minimum Gasteiger partial charge on any atom is -0.761 e. The van der Waals surface area contributed by atoms with E-state index in [1.165, 1.54) is 17.6 Å². The summed E-state index contributed by atoms with van der Waals surface area (Å²) in [7, 11) is -4.46. The fraction of sp³-hybridized carbons (Fsp3) is 0. The van der Waals surface area contributed by atoms with Crippen LogP contribution in [0.4, 0.5) is 5.69 Å². The molecule has 66 valence electrons. The van der Waals surface area contributed by atoms with E-state index in [0.29, 0.717) is 0 Å². The number of hydrogen-bond acceptors (Lipinski definition) is 5. The molecule has 0 bridgehead atoms. The fourth-order valence-corrected chi connectivity index (χ4v) is 1.23. The quantitative estimate of drug-likeness (QED) is 0.312. The Morgan fingerprint density at radius 1 is 1.21 bits per heavy atom. The molecule has 0 fully saturated rings. The Bertz CT molecular complexity index is 381. The van der Waals surface area contributed by atoms with Gasteiger partial charge in [0, 0.05) is 5.69 Å². The van der Waals surface area contributed by atoms with Crippen molar-refractivity contribution in [3.63, 3.8) is 0 Å². The molecule has 0 aliphatic rings. The van der Waals surface area contributed by atoms with Crippen LogP contribution in [0.25, 0.3) is 0 Å². The minimum absolute atomic E-state index is 0. The van der Waals surface area contributed by atoms with Crippen LogP contribution in [0.5, 0.6) is 0 Å². The number of benzene rings is 1. The molecule has 1 aromatic rings. The normalized spacial score (nSPS) is 9.57. The zero-order chi connectivity index (χ0) is 9.19. The van der Waals surface area contributed by atoms with Gasteiger partial charge in [-0.3, -0.25) is 0 Å². The minimum atomic E-state index is -4.46. The Hall–Kier alpha value is 0.890. The molecule has 1 aromatic carbocycles. The molecule has 0 aliphatic carbocycles. The van der Waals surface area contributed by atoms with E-state index in [9.17, 15) is 18.2 Å². The maximum atomic E-state index is 10.4. The molecule has 0 heterocycles. The smallest absolute Gasteiger partial charge is 0.761 e. The molecule has 0 spiro atoms. The van der Waals surface area contributed by atoms with Crippen molar-refractivity contribution in [2.75, 3.05) is 5.48 Å². The molecule has 8 heteroatoms. The van der Waals surface area contributed by atoms with E-state index in [2.05, 4.69) is 0 Å². The van der Waals surface area contributed by atoms with Crippen LogP contribution in [0.2, 0.25) is 0 Å². The van der Waals surface area contributed by atoms with E-state index in [1.54, 1.807) is 0 Å². The van der Waals surface area contributed by atoms with Gasteiger partial charge in [0.05, 0.1) is 4.90 Å². The molecule has 1 rings (SSSR count). The van der Waals surface area contributed by atoms with Crippen LogP contribution in [-0.4, -0.2) is 13.0 Å². The van der Waals surface area contributed by atoms with Gasteiger partial charge >= 0.3 is 59.1 Å². The van der Waals surface area contributed by atoms with E-state index >= 15 is 0 Å². The van der Waals surface area contributed by atoms with Crippen molar-refractivity contribution in [3.8, 4) is 0 Å². The first kappa shape index (κ1) is 17.3. The van der Waals surface area contributed by atoms with Gasteiger partial charge in [0.15, 0.2) is 0 Å². The summed E-state index contributed by atoms with van der Waals surface area (Å²) in [5.74, 6) is 0. The summed E-state index contributed by atoms with van der Waals surface area (Å²) < 4.78 is 31.2. The van der Waals surface area contributed by atoms with Crippen molar-refractivity contribution in [1.82, 2.24) is 0 Å². The van der Waals surface area contributed by atoms with Crippen molar-refractivity contribution in [2.45, 2.75) is 4.90 Å². The van der Waals surface area contributed by atoms with Gasteiger partial charge in [-0.1, -0.05) is 6.07 Å². The van der Waals surface area contributed by atoms with E-state index in [-0.39, 0.29) is 64.8 Å². The Balaban J connectivity index is 0. The molecule has 0 aliphatic heterocycles. The third kappa shape index (κ3) is 5.11. The molecule has 5 nitrogen and oxygen atoms in total. The molecular weight excluding hydrogens is 228 g/mol. The summed E-state index contributed by atoms with van der Waals surface area (Å²) in [6, 6.07) is 4.78. The molecule has 0 aromatic heterocycles. The predicted molar refractivity (Wildman–Crippen MR) is 41.4 cm³/mol. The largest absolute Gasteiger partial charge is 1.00 e. The Morgan fingerprint density at radius 3 is 2.21 bits per heavy atom. The summed E-state index contributed by atoms with van der Waals surface area (Å²) in [4.78, 5) is -0.414. The summed E-state index contributed by atoms with van der Waals surface area (Å²) in [6.07, 6.45) is 0. The van der Waals surface area contributed by atoms with Gasteiger partial charge in [0.1, 0.15) is 10.1 Å². The summed E-state index contributed by atoms with van der Waals surface area (Å²) in [5.41, 5.74) is 1.53. The first-order valence-corrected chi connectivity index (χ1v) is 4.39. The summed E-state index contributed by atoms with van der Waals surface area (Å²) >= 11 is 0. The molecule has 14 heavy (non-hydrogen) atoms. The molecule has 0 radical (unpaired) electrons. The van der Waals surface area contributed by atoms with Gasteiger partial charge in [-0.05, 0) is 18.2 Å². The van der Waals surface area contributed by atoms with Crippen LogP contribution in [0.3, 0.4) is 0 Å². The maximum Gasteiger partial charge on any atom is 1.00 e. The molecule has 0 amide bonds. The second-order valence-corrected chi connectivity index (χ2v) is 3.46. The number of nitrogens with one attached hydrogen (secondary N) is 1. The van der Waals surface area contributed by atoms with Gasteiger partial charge in [-0.15, -0.1) is 0 Å². The van der Waals surface area contributed by atoms with Crippen molar-refractivity contribution < 1.29 is 72.1 Å². The van der Waals surface area contributed by atoms with Gasteiger partial charge in [0.25, 0.3) is 0 Å². The van der Waals surface area contributed by atoms with E-state index in [1.807, 2.05) is 0 Å². The first-order chi connectivity index (χ1) is 5.54. The first-order valence-electron chi connectivity index (χ1n) is 2.98. The van der Waals surface area contributed by atoms with Gasteiger partial charge < -0.3 is 15.2 Å². The topological polar surface area (TPSA) is 92.3 Å². The zero-order valence-electron chi connectivity index (χ0n) is 7.85. The summed E-state index contributed by atoms with van der Waals surface area (Å²) in [5, 5.41) is 10.1. The number of rotatable bonds is 2. The van der Waals surface area contributed by atoms with Crippen molar-refractivity contribution >= 4 is 15.8 Å². The standard InChI is InChI=1S/C6H6NO4S.2Na/c8-7-5-2-1-3-6(4-5)12(9,10)11;;/h1-4,7H,(H,9,10,11);;/q-1;2*+1/p-1. The van der Waals surface area contributed by atoms with Crippen molar-refractivity contribution in [1.29, 1.82) is 0 Å². The zero-order valence-corrected chi connectivity index (χ0v) is 12.7. The fourth-order valence-electron chi connectivity index (χ4n) is 0.715. The van der Waals surface area contributed by atoms with E-state index < -0.39 is 15.0 Å². The van der Waals surface area contributed by atoms with Crippen molar-refractivity contribution in [3.05, 3.63) is 29.5 Å².